The van der Waals surface area contributed by atoms with Crippen LogP contribution >= 0.6 is 0 Å². The molecule has 1 heterocycles. The number of carbonyl (C=O) groups is 1. The molecule has 2 aliphatic rings. The van der Waals surface area contributed by atoms with Gasteiger partial charge in [-0.05, 0) is 62.3 Å². The SMILES string of the molecule is Cc1cc(C(=O)N2CCCC3CCCCC32)ccc1N. The zero-order valence-electron chi connectivity index (χ0n) is 12.3. The predicted molar refractivity (Wildman–Crippen MR) is 81.6 cm³/mol. The van der Waals surface area contributed by atoms with E-state index in [0.29, 0.717) is 6.04 Å². The minimum absolute atomic E-state index is 0.199. The lowest BCUT2D eigenvalue weighted by atomic mass is 9.78. The third kappa shape index (κ3) is 2.41. The van der Waals surface area contributed by atoms with Gasteiger partial charge in [-0.1, -0.05) is 12.8 Å². The molecular formula is C17H24N2O. The Morgan fingerprint density at radius 2 is 1.95 bits per heavy atom. The Labute approximate surface area is 121 Å². The molecule has 3 heteroatoms. The summed E-state index contributed by atoms with van der Waals surface area (Å²) in [4.78, 5) is 14.9. The van der Waals surface area contributed by atoms with Crippen LogP contribution in [0.25, 0.3) is 0 Å². The first-order valence-corrected chi connectivity index (χ1v) is 7.84. The Hall–Kier alpha value is -1.51. The van der Waals surface area contributed by atoms with Crippen molar-refractivity contribution in [3.63, 3.8) is 0 Å². The number of fused-ring (bicyclic) bond motifs is 1. The summed E-state index contributed by atoms with van der Waals surface area (Å²) in [5.41, 5.74) is 8.40. The highest BCUT2D eigenvalue weighted by molar-refractivity contribution is 5.95. The summed E-state index contributed by atoms with van der Waals surface area (Å²) in [5, 5.41) is 0. The molecule has 1 saturated heterocycles. The number of nitrogen functional groups attached to an aromatic ring is 1. The second kappa shape index (κ2) is 5.47. The molecule has 0 aromatic heterocycles. The number of nitrogens with two attached hydrogens (primary N) is 1. The highest BCUT2D eigenvalue weighted by Crippen LogP contribution is 2.36. The fraction of sp³-hybridized carbons (Fsp3) is 0.588. The van der Waals surface area contributed by atoms with Crippen molar-refractivity contribution in [3.05, 3.63) is 29.3 Å². The molecular weight excluding hydrogens is 248 g/mol. The minimum Gasteiger partial charge on any atom is -0.399 e. The number of hydrogen-bond acceptors (Lipinski definition) is 2. The van der Waals surface area contributed by atoms with Gasteiger partial charge in [0.1, 0.15) is 0 Å². The first-order valence-electron chi connectivity index (χ1n) is 7.84. The highest BCUT2D eigenvalue weighted by Gasteiger charge is 2.35. The van der Waals surface area contributed by atoms with E-state index < -0.39 is 0 Å². The van der Waals surface area contributed by atoms with Crippen molar-refractivity contribution in [2.24, 2.45) is 5.92 Å². The number of piperidine rings is 1. The van der Waals surface area contributed by atoms with Gasteiger partial charge in [0, 0.05) is 23.8 Å². The molecule has 1 saturated carbocycles. The van der Waals surface area contributed by atoms with Gasteiger partial charge in [0.05, 0.1) is 0 Å². The van der Waals surface area contributed by atoms with Crippen LogP contribution in [0.5, 0.6) is 0 Å². The van der Waals surface area contributed by atoms with E-state index in [0.717, 1.165) is 35.7 Å². The van der Waals surface area contributed by atoms with Gasteiger partial charge in [0.2, 0.25) is 0 Å². The van der Waals surface area contributed by atoms with Crippen LogP contribution in [0.2, 0.25) is 0 Å². The second-order valence-electron chi connectivity index (χ2n) is 6.32. The molecule has 0 bridgehead atoms. The molecule has 2 N–H and O–H groups in total. The number of anilines is 1. The van der Waals surface area contributed by atoms with Gasteiger partial charge in [-0.15, -0.1) is 0 Å². The van der Waals surface area contributed by atoms with E-state index in [1.165, 1.54) is 32.1 Å². The Kier molecular flexibility index (Phi) is 3.68. The molecule has 1 aliphatic carbocycles. The molecule has 0 spiro atoms. The number of amides is 1. The topological polar surface area (TPSA) is 46.3 Å². The summed E-state index contributed by atoms with van der Waals surface area (Å²) in [6, 6.07) is 6.13. The smallest absolute Gasteiger partial charge is 0.254 e. The zero-order chi connectivity index (χ0) is 14.1. The van der Waals surface area contributed by atoms with Crippen molar-refractivity contribution in [3.8, 4) is 0 Å². The summed E-state index contributed by atoms with van der Waals surface area (Å²) < 4.78 is 0. The van der Waals surface area contributed by atoms with E-state index in [2.05, 4.69) is 4.90 Å². The van der Waals surface area contributed by atoms with Gasteiger partial charge in [-0.2, -0.15) is 0 Å². The molecule has 3 rings (SSSR count). The van der Waals surface area contributed by atoms with Crippen LogP contribution in [0.1, 0.15) is 54.4 Å². The quantitative estimate of drug-likeness (QED) is 0.797. The third-order valence-corrected chi connectivity index (χ3v) is 5.02. The van der Waals surface area contributed by atoms with E-state index in [1.807, 2.05) is 25.1 Å². The standard InChI is InChI=1S/C17H24N2O/c1-12-11-14(8-9-15(12)18)17(20)19-10-4-6-13-5-2-3-7-16(13)19/h8-9,11,13,16H,2-7,10,18H2,1H3. The molecule has 2 unspecified atom stereocenters. The minimum atomic E-state index is 0.199. The second-order valence-corrected chi connectivity index (χ2v) is 6.32. The highest BCUT2D eigenvalue weighted by atomic mass is 16.2. The maximum absolute atomic E-state index is 12.8. The summed E-state index contributed by atoms with van der Waals surface area (Å²) in [6.07, 6.45) is 7.55. The van der Waals surface area contributed by atoms with E-state index in [1.54, 1.807) is 0 Å². The maximum Gasteiger partial charge on any atom is 0.254 e. The largest absolute Gasteiger partial charge is 0.399 e. The number of aryl methyl sites for hydroxylation is 1. The normalized spacial score (nSPS) is 26.1. The van der Waals surface area contributed by atoms with E-state index in [-0.39, 0.29) is 5.91 Å². The number of benzene rings is 1. The third-order valence-electron chi connectivity index (χ3n) is 5.02. The van der Waals surface area contributed by atoms with Crippen LogP contribution in [0.15, 0.2) is 18.2 Å². The molecule has 20 heavy (non-hydrogen) atoms. The first kappa shape index (κ1) is 13.5. The molecule has 1 aliphatic heterocycles. The van der Waals surface area contributed by atoms with Crippen molar-refractivity contribution >= 4 is 11.6 Å². The van der Waals surface area contributed by atoms with Crippen molar-refractivity contribution in [2.45, 2.75) is 51.5 Å². The van der Waals surface area contributed by atoms with E-state index in [4.69, 9.17) is 5.73 Å². The van der Waals surface area contributed by atoms with Gasteiger partial charge in [-0.3, -0.25) is 4.79 Å². The molecule has 2 atom stereocenters. The lowest BCUT2D eigenvalue weighted by molar-refractivity contribution is 0.0390. The van der Waals surface area contributed by atoms with Gasteiger partial charge in [0.15, 0.2) is 0 Å². The van der Waals surface area contributed by atoms with Crippen LogP contribution in [-0.4, -0.2) is 23.4 Å². The predicted octanol–water partition coefficient (Wildman–Crippen LogP) is 3.37. The Morgan fingerprint density at radius 3 is 2.75 bits per heavy atom. The van der Waals surface area contributed by atoms with Crippen LogP contribution in [0.3, 0.4) is 0 Å². The Balaban J connectivity index is 1.83. The van der Waals surface area contributed by atoms with E-state index in [9.17, 15) is 4.79 Å². The summed E-state index contributed by atoms with van der Waals surface area (Å²) in [7, 11) is 0. The van der Waals surface area contributed by atoms with Crippen LogP contribution in [0, 0.1) is 12.8 Å². The summed E-state index contributed by atoms with van der Waals surface area (Å²) in [5.74, 6) is 0.932. The molecule has 108 valence electrons. The van der Waals surface area contributed by atoms with Gasteiger partial charge in [-0.25, -0.2) is 0 Å². The van der Waals surface area contributed by atoms with Crippen LogP contribution in [0.4, 0.5) is 5.69 Å². The molecule has 1 aromatic rings. The average Bonchev–Trinajstić information content (AvgIpc) is 2.49. The fourth-order valence-corrected chi connectivity index (χ4v) is 3.85. The molecule has 1 aromatic carbocycles. The molecule has 2 fully saturated rings. The molecule has 1 amide bonds. The number of hydrogen-bond donors (Lipinski definition) is 1. The zero-order valence-corrected chi connectivity index (χ0v) is 12.3. The molecule has 0 radical (unpaired) electrons. The first-order chi connectivity index (χ1) is 9.66. The van der Waals surface area contributed by atoms with Crippen molar-refractivity contribution in [1.29, 1.82) is 0 Å². The Morgan fingerprint density at radius 1 is 1.20 bits per heavy atom. The number of carbonyl (C=O) groups excluding carboxylic acids is 1. The number of nitrogens with zero attached hydrogens (tertiary/aromatic N) is 1. The summed E-state index contributed by atoms with van der Waals surface area (Å²) >= 11 is 0. The van der Waals surface area contributed by atoms with Crippen molar-refractivity contribution < 1.29 is 4.79 Å². The van der Waals surface area contributed by atoms with Gasteiger partial charge >= 0.3 is 0 Å². The van der Waals surface area contributed by atoms with Crippen molar-refractivity contribution in [1.82, 2.24) is 4.90 Å². The van der Waals surface area contributed by atoms with Crippen LogP contribution < -0.4 is 5.73 Å². The van der Waals surface area contributed by atoms with Crippen molar-refractivity contribution in [2.75, 3.05) is 12.3 Å². The monoisotopic (exact) mass is 272 g/mol. The number of likely N-dealkylation sites (tertiary alicyclic amines) is 1. The fourth-order valence-electron chi connectivity index (χ4n) is 3.85. The maximum atomic E-state index is 12.8. The lowest BCUT2D eigenvalue weighted by Crippen LogP contribution is -2.49. The molecule has 3 nitrogen and oxygen atoms in total. The Bertz CT molecular complexity index is 510. The van der Waals surface area contributed by atoms with Gasteiger partial charge < -0.3 is 10.6 Å². The van der Waals surface area contributed by atoms with Crippen LogP contribution in [-0.2, 0) is 0 Å². The average molecular weight is 272 g/mol. The summed E-state index contributed by atoms with van der Waals surface area (Å²) in [6.45, 7) is 2.88. The van der Waals surface area contributed by atoms with E-state index >= 15 is 0 Å². The number of rotatable bonds is 1. The lowest BCUT2D eigenvalue weighted by Gasteiger charge is -2.44. The van der Waals surface area contributed by atoms with Gasteiger partial charge in [0.25, 0.3) is 5.91 Å².